The van der Waals surface area contributed by atoms with E-state index in [9.17, 15) is 21.9 Å². The van der Waals surface area contributed by atoms with E-state index in [1.54, 1.807) is 35.1 Å². The van der Waals surface area contributed by atoms with Gasteiger partial charge in [0.2, 0.25) is 20.0 Å². The largest absolute Gasteiger partial charge is 0.390 e. The number of aromatic nitrogens is 2. The van der Waals surface area contributed by atoms with Crippen LogP contribution in [0.5, 0.6) is 0 Å². The number of sulfonamides is 2. The maximum Gasteiger partial charge on any atom is 0.242 e. The number of benzene rings is 1. The summed E-state index contributed by atoms with van der Waals surface area (Å²) in [5.41, 5.74) is 6.75. The standard InChI is InChI=1S/C18H20N8O5S2/c19-7-12(27)8-24-33(30,31)14-3-2-13(11-1-4-15-21-5-6-26(15)9-11)16(17(14)32(20,28)29)18-22-10-23-25-18/h1-6,9,12,24,27H,7-8,10,19H2,(H2,20,28,29)/t12-/m1/s1. The predicted molar refractivity (Wildman–Crippen MR) is 119 cm³/mol. The van der Waals surface area contributed by atoms with Crippen molar-refractivity contribution in [3.8, 4) is 11.1 Å². The van der Waals surface area contributed by atoms with Gasteiger partial charge in [0, 0.05) is 31.7 Å². The third kappa shape index (κ3) is 4.54. The van der Waals surface area contributed by atoms with Gasteiger partial charge in [-0.25, -0.2) is 36.7 Å². The van der Waals surface area contributed by atoms with Crippen LogP contribution in [0.1, 0.15) is 5.56 Å². The number of nitrogens with zero attached hydrogens (tertiary/aromatic N) is 5. The summed E-state index contributed by atoms with van der Waals surface area (Å²) in [6.45, 7) is -0.655. The highest BCUT2D eigenvalue weighted by Gasteiger charge is 2.32. The number of fused-ring (bicyclic) bond motifs is 1. The number of imidazole rings is 1. The van der Waals surface area contributed by atoms with Gasteiger partial charge in [0.15, 0.2) is 12.5 Å². The van der Waals surface area contributed by atoms with Crippen LogP contribution < -0.4 is 15.6 Å². The molecule has 1 aliphatic heterocycles. The van der Waals surface area contributed by atoms with Crippen molar-refractivity contribution in [2.75, 3.05) is 19.8 Å². The van der Waals surface area contributed by atoms with Crippen LogP contribution in [0.2, 0.25) is 0 Å². The second-order valence-electron chi connectivity index (χ2n) is 7.08. The summed E-state index contributed by atoms with van der Waals surface area (Å²) in [6, 6.07) is 5.98. The van der Waals surface area contributed by atoms with Crippen molar-refractivity contribution in [1.29, 1.82) is 0 Å². The van der Waals surface area contributed by atoms with Crippen molar-refractivity contribution >= 4 is 31.5 Å². The first-order chi connectivity index (χ1) is 15.6. The first-order valence-electron chi connectivity index (χ1n) is 9.55. The summed E-state index contributed by atoms with van der Waals surface area (Å²) in [5, 5.41) is 22.8. The van der Waals surface area contributed by atoms with E-state index in [1.807, 2.05) is 0 Å². The smallest absolute Gasteiger partial charge is 0.242 e. The minimum atomic E-state index is -4.60. The zero-order valence-electron chi connectivity index (χ0n) is 17.0. The molecule has 0 radical (unpaired) electrons. The zero-order valence-corrected chi connectivity index (χ0v) is 18.7. The van der Waals surface area contributed by atoms with Crippen LogP contribution >= 0.6 is 0 Å². The SMILES string of the molecule is NC[C@@H](O)CNS(=O)(=O)c1ccc(-c2ccc3nccn3c2)c(C2=NCN=N2)c1S(N)(=O)=O. The van der Waals surface area contributed by atoms with Crippen molar-refractivity contribution in [3.63, 3.8) is 0 Å². The molecule has 0 saturated carbocycles. The van der Waals surface area contributed by atoms with Crippen LogP contribution in [0.15, 0.2) is 67.9 Å². The van der Waals surface area contributed by atoms with Crippen LogP contribution in [-0.4, -0.2) is 63.0 Å². The Morgan fingerprint density at radius 2 is 1.97 bits per heavy atom. The minimum Gasteiger partial charge on any atom is -0.390 e. The number of aliphatic hydroxyl groups is 1. The van der Waals surface area contributed by atoms with E-state index >= 15 is 0 Å². The maximum absolute atomic E-state index is 13.0. The molecule has 3 aromatic rings. The number of aliphatic hydroxyl groups excluding tert-OH is 1. The van der Waals surface area contributed by atoms with Gasteiger partial charge in [0.1, 0.15) is 15.4 Å². The number of nitrogens with one attached hydrogen (secondary N) is 1. The van der Waals surface area contributed by atoms with E-state index in [0.717, 1.165) is 6.07 Å². The highest BCUT2D eigenvalue weighted by molar-refractivity contribution is 7.92. The molecule has 1 atom stereocenters. The van der Waals surface area contributed by atoms with Crippen LogP contribution in [-0.2, 0) is 20.0 Å². The van der Waals surface area contributed by atoms with Gasteiger partial charge in [0.25, 0.3) is 0 Å². The Morgan fingerprint density at radius 1 is 1.18 bits per heavy atom. The molecular formula is C18H20N8O5S2. The molecule has 33 heavy (non-hydrogen) atoms. The molecule has 0 saturated heterocycles. The molecule has 4 rings (SSSR count). The third-order valence-corrected chi connectivity index (χ3v) is 7.44. The molecule has 0 aliphatic carbocycles. The summed E-state index contributed by atoms with van der Waals surface area (Å²) in [4.78, 5) is 6.98. The van der Waals surface area contributed by atoms with E-state index in [-0.39, 0.29) is 24.6 Å². The molecular weight excluding hydrogens is 472 g/mol. The highest BCUT2D eigenvalue weighted by atomic mass is 32.2. The summed E-state index contributed by atoms with van der Waals surface area (Å²) in [6.07, 6.45) is 3.84. The Hall–Kier alpha value is -3.08. The van der Waals surface area contributed by atoms with Crippen molar-refractivity contribution < 1.29 is 21.9 Å². The highest BCUT2D eigenvalue weighted by Crippen LogP contribution is 2.35. The van der Waals surface area contributed by atoms with E-state index in [2.05, 4.69) is 24.9 Å². The number of pyridine rings is 1. The molecule has 1 aliphatic rings. The van der Waals surface area contributed by atoms with Crippen LogP contribution in [0, 0.1) is 0 Å². The fourth-order valence-corrected chi connectivity index (χ4v) is 6.00. The number of hydrogen-bond acceptors (Lipinski definition) is 10. The van der Waals surface area contributed by atoms with E-state index < -0.39 is 42.5 Å². The summed E-state index contributed by atoms with van der Waals surface area (Å²) < 4.78 is 55.2. The Morgan fingerprint density at radius 3 is 2.64 bits per heavy atom. The lowest BCUT2D eigenvalue weighted by molar-refractivity contribution is 0.186. The molecule has 0 fully saturated rings. The number of rotatable bonds is 8. The Balaban J connectivity index is 1.99. The quantitative estimate of drug-likeness (QED) is 0.321. The van der Waals surface area contributed by atoms with Crippen molar-refractivity contribution in [2.24, 2.45) is 26.1 Å². The van der Waals surface area contributed by atoms with E-state index in [1.165, 1.54) is 6.07 Å². The first-order valence-corrected chi connectivity index (χ1v) is 12.6. The van der Waals surface area contributed by atoms with Gasteiger partial charge in [-0.05, 0) is 29.3 Å². The molecule has 0 unspecified atom stereocenters. The topological polar surface area (TPSA) is 207 Å². The predicted octanol–water partition coefficient (Wildman–Crippen LogP) is -0.583. The van der Waals surface area contributed by atoms with Crippen LogP contribution in [0.25, 0.3) is 16.8 Å². The zero-order chi connectivity index (χ0) is 23.8. The normalized spacial score (nSPS) is 15.2. The van der Waals surface area contributed by atoms with Crippen molar-refractivity contribution in [2.45, 2.75) is 15.9 Å². The second-order valence-corrected chi connectivity index (χ2v) is 10.3. The number of azo groups is 1. The summed E-state index contributed by atoms with van der Waals surface area (Å²) in [7, 11) is -9.02. The van der Waals surface area contributed by atoms with Gasteiger partial charge in [0.05, 0.1) is 11.7 Å². The molecule has 0 amide bonds. The average molecular weight is 493 g/mol. The number of aliphatic imine (C=N–C) groups is 1. The molecule has 1 aromatic carbocycles. The molecule has 0 bridgehead atoms. The molecule has 174 valence electrons. The molecule has 2 aromatic heterocycles. The van der Waals surface area contributed by atoms with E-state index in [4.69, 9.17) is 10.9 Å². The first kappa shape index (κ1) is 23.1. The summed E-state index contributed by atoms with van der Waals surface area (Å²) in [5.74, 6) is -0.0706. The molecule has 3 heterocycles. The lowest BCUT2D eigenvalue weighted by atomic mass is 10.00. The lowest BCUT2D eigenvalue weighted by Gasteiger charge is -2.18. The number of hydrogen-bond donors (Lipinski definition) is 4. The number of nitrogens with two attached hydrogens (primary N) is 2. The fourth-order valence-electron chi connectivity index (χ4n) is 3.32. The van der Waals surface area contributed by atoms with Gasteiger partial charge < -0.3 is 15.2 Å². The van der Waals surface area contributed by atoms with Gasteiger partial charge in [-0.15, -0.1) is 5.11 Å². The fraction of sp³-hybridized carbons (Fsp3) is 0.222. The summed E-state index contributed by atoms with van der Waals surface area (Å²) >= 11 is 0. The second kappa shape index (κ2) is 8.69. The number of amidine groups is 1. The third-order valence-electron chi connectivity index (χ3n) is 4.85. The van der Waals surface area contributed by atoms with Crippen LogP contribution in [0.3, 0.4) is 0 Å². The van der Waals surface area contributed by atoms with E-state index in [0.29, 0.717) is 16.8 Å². The number of primary sulfonamides is 1. The maximum atomic E-state index is 13.0. The van der Waals surface area contributed by atoms with Gasteiger partial charge in [-0.3, -0.25) is 0 Å². The Bertz CT molecular complexity index is 1500. The van der Waals surface area contributed by atoms with Gasteiger partial charge in [-0.1, -0.05) is 6.07 Å². The van der Waals surface area contributed by atoms with Crippen molar-refractivity contribution in [1.82, 2.24) is 14.1 Å². The van der Waals surface area contributed by atoms with Crippen LogP contribution in [0.4, 0.5) is 0 Å². The Labute approximate surface area is 189 Å². The van der Waals surface area contributed by atoms with Crippen molar-refractivity contribution in [3.05, 3.63) is 48.4 Å². The van der Waals surface area contributed by atoms with Gasteiger partial charge in [-0.2, -0.15) is 5.11 Å². The molecule has 6 N–H and O–H groups in total. The van der Waals surface area contributed by atoms with Gasteiger partial charge >= 0.3 is 0 Å². The monoisotopic (exact) mass is 492 g/mol. The average Bonchev–Trinajstić information content (AvgIpc) is 3.47. The minimum absolute atomic E-state index is 0.0443. The molecule has 15 heteroatoms. The molecule has 0 spiro atoms. The Kier molecular flexibility index (Phi) is 6.08. The lowest BCUT2D eigenvalue weighted by Crippen LogP contribution is -2.37. The molecule has 13 nitrogen and oxygen atoms in total.